The quantitative estimate of drug-likeness (QED) is 0.195. The smallest absolute Gasteiger partial charge is 0.379 e. The molecule has 1 atom stereocenters. The minimum Gasteiger partial charge on any atom is -0.459 e. The molecule has 0 spiro atoms. The molecule has 0 aliphatic carbocycles. The molecule has 3 nitrogen and oxygen atoms in total. The molecule has 4 aromatic rings. The standard InChI is InChI=1S/C31H26N2O/c1-23-18-20-27(21-19-23)33(22-31(2)29(32-31)26-16-10-5-11-17-26)30(34)28(24-12-6-3-7-13-24)25-14-8-4-9-15-25/h3-22H,1-2H3/p+1/b33-22+. The largest absolute Gasteiger partial charge is 0.459 e. The van der Waals surface area contributed by atoms with E-state index in [-0.39, 0.29) is 5.88 Å². The zero-order valence-electron chi connectivity index (χ0n) is 19.4. The van der Waals surface area contributed by atoms with E-state index >= 15 is 0 Å². The van der Waals surface area contributed by atoms with Crippen molar-refractivity contribution in [3.8, 4) is 0 Å². The first kappa shape index (κ1) is 21.6. The molecule has 3 heteroatoms. The van der Waals surface area contributed by atoms with Gasteiger partial charge in [0.05, 0.1) is 5.71 Å². The molecule has 0 radical (unpaired) electrons. The van der Waals surface area contributed by atoms with Crippen LogP contribution in [0.2, 0.25) is 0 Å². The summed E-state index contributed by atoms with van der Waals surface area (Å²) < 4.78 is 1.87. The highest BCUT2D eigenvalue weighted by Crippen LogP contribution is 2.34. The minimum atomic E-state index is -0.501. The summed E-state index contributed by atoms with van der Waals surface area (Å²) in [5, 5.41) is 11.9. The highest BCUT2D eigenvalue weighted by Gasteiger charge is 2.46. The van der Waals surface area contributed by atoms with E-state index in [2.05, 4.69) is 38.1 Å². The van der Waals surface area contributed by atoms with Crippen molar-refractivity contribution >= 4 is 23.2 Å². The Bertz CT molecular complexity index is 1350. The maximum Gasteiger partial charge on any atom is 0.379 e. The van der Waals surface area contributed by atoms with Crippen molar-refractivity contribution in [1.29, 1.82) is 0 Å². The van der Waals surface area contributed by atoms with E-state index in [4.69, 9.17) is 4.99 Å². The van der Waals surface area contributed by atoms with Gasteiger partial charge in [-0.3, -0.25) is 4.99 Å². The Kier molecular flexibility index (Phi) is 5.69. The molecule has 0 bridgehead atoms. The number of aryl methyl sites for hydroxylation is 1. The van der Waals surface area contributed by atoms with E-state index in [1.54, 1.807) is 0 Å². The van der Waals surface area contributed by atoms with Crippen LogP contribution in [0.4, 0.5) is 5.69 Å². The molecule has 4 aromatic carbocycles. The van der Waals surface area contributed by atoms with Crippen molar-refractivity contribution in [3.05, 3.63) is 143 Å². The van der Waals surface area contributed by atoms with Gasteiger partial charge in [-0.2, -0.15) is 0 Å². The summed E-state index contributed by atoms with van der Waals surface area (Å²) in [7, 11) is 0. The van der Waals surface area contributed by atoms with Gasteiger partial charge in [0, 0.05) is 12.1 Å². The van der Waals surface area contributed by atoms with E-state index in [0.29, 0.717) is 0 Å². The van der Waals surface area contributed by atoms with Gasteiger partial charge in [-0.15, -0.1) is 4.58 Å². The lowest BCUT2D eigenvalue weighted by Gasteiger charge is -2.11. The monoisotopic (exact) mass is 443 g/mol. The lowest BCUT2D eigenvalue weighted by atomic mass is 9.97. The summed E-state index contributed by atoms with van der Waals surface area (Å²) in [5.41, 5.74) is 6.31. The molecule has 1 aliphatic rings. The van der Waals surface area contributed by atoms with Gasteiger partial charge in [-0.05, 0) is 30.5 Å². The van der Waals surface area contributed by atoms with Gasteiger partial charge in [0.15, 0.2) is 11.8 Å². The van der Waals surface area contributed by atoms with E-state index in [1.165, 1.54) is 0 Å². The average molecular weight is 444 g/mol. The van der Waals surface area contributed by atoms with Gasteiger partial charge >= 0.3 is 5.88 Å². The summed E-state index contributed by atoms with van der Waals surface area (Å²) in [4.78, 5) is 4.81. The van der Waals surface area contributed by atoms with Crippen LogP contribution in [0.25, 0.3) is 5.57 Å². The number of nitrogens with zero attached hydrogens (tertiary/aromatic N) is 2. The van der Waals surface area contributed by atoms with Crippen LogP contribution in [-0.4, -0.2) is 27.1 Å². The van der Waals surface area contributed by atoms with Crippen LogP contribution in [-0.2, 0) is 0 Å². The van der Waals surface area contributed by atoms with Crippen molar-refractivity contribution in [2.45, 2.75) is 19.4 Å². The second-order valence-electron chi connectivity index (χ2n) is 8.74. The fraction of sp³-hybridized carbons (Fsp3) is 0.0968. The van der Waals surface area contributed by atoms with E-state index < -0.39 is 5.54 Å². The van der Waals surface area contributed by atoms with E-state index in [0.717, 1.165) is 39.2 Å². The molecule has 1 heterocycles. The van der Waals surface area contributed by atoms with Crippen LogP contribution in [0, 0.1) is 6.92 Å². The molecule has 0 saturated carbocycles. The lowest BCUT2D eigenvalue weighted by molar-refractivity contribution is -0.415. The predicted molar refractivity (Wildman–Crippen MR) is 140 cm³/mol. The molecule has 166 valence electrons. The third-order valence-corrected chi connectivity index (χ3v) is 6.09. The number of rotatable bonds is 6. The summed E-state index contributed by atoms with van der Waals surface area (Å²) in [6.45, 7) is 4.14. The fourth-order valence-corrected chi connectivity index (χ4v) is 4.22. The van der Waals surface area contributed by atoms with Crippen molar-refractivity contribution < 1.29 is 9.68 Å². The topological polar surface area (TPSA) is 35.6 Å². The van der Waals surface area contributed by atoms with Gasteiger partial charge in [0.2, 0.25) is 5.69 Å². The van der Waals surface area contributed by atoms with Crippen molar-refractivity contribution in [3.63, 3.8) is 0 Å². The van der Waals surface area contributed by atoms with Crippen molar-refractivity contribution in [2.24, 2.45) is 4.99 Å². The van der Waals surface area contributed by atoms with Crippen molar-refractivity contribution in [2.75, 3.05) is 0 Å². The zero-order valence-corrected chi connectivity index (χ0v) is 19.4. The molecular weight excluding hydrogens is 416 g/mol. The number of aliphatic hydroxyl groups excluding tert-OH is 1. The Balaban J connectivity index is 1.69. The highest BCUT2D eigenvalue weighted by molar-refractivity contribution is 6.25. The number of benzene rings is 4. The number of aliphatic hydroxyl groups is 1. The van der Waals surface area contributed by atoms with Crippen molar-refractivity contribution in [1.82, 2.24) is 0 Å². The molecular formula is C31H27N2O+. The third kappa shape index (κ3) is 4.33. The van der Waals surface area contributed by atoms with Gasteiger partial charge in [0.1, 0.15) is 5.57 Å². The molecule has 1 N–H and O–H groups in total. The Morgan fingerprint density at radius 2 is 1.24 bits per heavy atom. The predicted octanol–water partition coefficient (Wildman–Crippen LogP) is 6.95. The Morgan fingerprint density at radius 3 is 1.76 bits per heavy atom. The van der Waals surface area contributed by atoms with E-state index in [9.17, 15) is 5.11 Å². The van der Waals surface area contributed by atoms with Crippen LogP contribution in [0.3, 0.4) is 0 Å². The summed E-state index contributed by atoms with van der Waals surface area (Å²) in [6.07, 6.45) is 2.02. The van der Waals surface area contributed by atoms with E-state index in [1.807, 2.05) is 102 Å². The Hall–Kier alpha value is -4.24. The molecule has 0 amide bonds. The molecule has 5 rings (SSSR count). The van der Waals surface area contributed by atoms with Crippen LogP contribution in [0.15, 0.2) is 126 Å². The Morgan fingerprint density at radius 1 is 0.735 bits per heavy atom. The first-order valence-corrected chi connectivity index (χ1v) is 11.5. The minimum absolute atomic E-state index is 0.164. The SMILES string of the molecule is Cc1ccc(/[N+](=C\C2(C)N=C2c2ccccc2)C(O)=C(c2ccccc2)c2ccccc2)cc1. The van der Waals surface area contributed by atoms with Crippen LogP contribution >= 0.6 is 0 Å². The second-order valence-corrected chi connectivity index (χ2v) is 8.74. The number of hydrogen-bond donors (Lipinski definition) is 1. The maximum absolute atomic E-state index is 11.9. The van der Waals surface area contributed by atoms with Crippen LogP contribution in [0.1, 0.15) is 29.2 Å². The zero-order chi connectivity index (χ0) is 23.5. The normalized spacial score (nSPS) is 17.1. The van der Waals surface area contributed by atoms with Gasteiger partial charge in [0.25, 0.3) is 0 Å². The number of aliphatic imine (C=N–C) groups is 1. The van der Waals surface area contributed by atoms with Crippen LogP contribution in [0.5, 0.6) is 0 Å². The van der Waals surface area contributed by atoms with Gasteiger partial charge < -0.3 is 5.11 Å². The second kappa shape index (κ2) is 8.95. The lowest BCUT2D eigenvalue weighted by Crippen LogP contribution is -2.24. The average Bonchev–Trinajstić information content (AvgIpc) is 3.56. The van der Waals surface area contributed by atoms with Crippen LogP contribution < -0.4 is 0 Å². The molecule has 1 aliphatic heterocycles. The first-order chi connectivity index (χ1) is 16.5. The van der Waals surface area contributed by atoms with Gasteiger partial charge in [-0.25, -0.2) is 0 Å². The molecule has 34 heavy (non-hydrogen) atoms. The molecule has 0 aromatic heterocycles. The molecule has 0 fully saturated rings. The fourth-order valence-electron chi connectivity index (χ4n) is 4.22. The third-order valence-electron chi connectivity index (χ3n) is 6.09. The first-order valence-electron chi connectivity index (χ1n) is 11.5. The Labute approximate surface area is 200 Å². The highest BCUT2D eigenvalue weighted by atomic mass is 16.3. The van der Waals surface area contributed by atoms with Gasteiger partial charge in [-0.1, -0.05) is 109 Å². The molecule has 0 saturated heterocycles. The summed E-state index contributed by atoms with van der Waals surface area (Å²) in [5.74, 6) is 0.164. The maximum atomic E-state index is 11.9. The molecule has 1 unspecified atom stereocenters. The number of hydrogen-bond acceptors (Lipinski definition) is 2. The summed E-state index contributed by atoms with van der Waals surface area (Å²) >= 11 is 0. The summed E-state index contributed by atoms with van der Waals surface area (Å²) in [6, 6.07) is 38.4.